The second kappa shape index (κ2) is 6.56. The molecule has 1 aliphatic carbocycles. The van der Waals surface area contributed by atoms with E-state index < -0.39 is 11.8 Å². The van der Waals surface area contributed by atoms with Crippen molar-refractivity contribution in [2.24, 2.45) is 5.92 Å². The fourth-order valence-corrected chi connectivity index (χ4v) is 3.30. The number of aliphatic carboxylic acids is 1. The van der Waals surface area contributed by atoms with Gasteiger partial charge in [-0.1, -0.05) is 0 Å². The highest BCUT2D eigenvalue weighted by atomic mass is 32.2. The number of carboxylic acid groups (broad SMARTS) is 1. The highest BCUT2D eigenvalue weighted by molar-refractivity contribution is 7.98. The zero-order valence-corrected chi connectivity index (χ0v) is 13.1. The molecule has 1 aromatic rings. The average molecular weight is 314 g/mol. The first-order valence-electron chi connectivity index (χ1n) is 6.73. The lowest BCUT2D eigenvalue weighted by molar-refractivity contribution is -0.137. The molecule has 0 heterocycles. The molecule has 21 heavy (non-hydrogen) atoms. The molecule has 1 saturated carbocycles. The molecule has 6 heteroatoms. The van der Waals surface area contributed by atoms with Crippen LogP contribution in [0.3, 0.4) is 0 Å². The summed E-state index contributed by atoms with van der Waals surface area (Å²) in [7, 11) is 2.96. The van der Waals surface area contributed by atoms with Gasteiger partial charge in [0.1, 0.15) is 5.82 Å². The molecule has 0 saturated heterocycles. The van der Waals surface area contributed by atoms with Crippen LogP contribution in [0.25, 0.3) is 0 Å². The summed E-state index contributed by atoms with van der Waals surface area (Å²) < 4.78 is 25.0. The van der Waals surface area contributed by atoms with Crippen molar-refractivity contribution in [1.82, 2.24) is 0 Å². The van der Waals surface area contributed by atoms with Crippen molar-refractivity contribution in [3.63, 3.8) is 0 Å². The van der Waals surface area contributed by atoms with Crippen LogP contribution >= 0.6 is 11.8 Å². The summed E-state index contributed by atoms with van der Waals surface area (Å²) >= 11 is 1.24. The fraction of sp³-hybridized carbons (Fsp3) is 0.533. The number of hydrogen-bond acceptors (Lipinski definition) is 4. The second-order valence-electron chi connectivity index (χ2n) is 5.09. The van der Waals surface area contributed by atoms with Gasteiger partial charge in [-0.05, 0) is 31.1 Å². The lowest BCUT2D eigenvalue weighted by atomic mass is 9.90. The van der Waals surface area contributed by atoms with Gasteiger partial charge < -0.3 is 14.6 Å². The van der Waals surface area contributed by atoms with Crippen molar-refractivity contribution >= 4 is 17.7 Å². The predicted octanol–water partition coefficient (Wildman–Crippen LogP) is 3.53. The number of ether oxygens (including phenoxy) is 2. The molecule has 2 rings (SSSR count). The van der Waals surface area contributed by atoms with E-state index in [1.54, 1.807) is 6.26 Å². The Morgan fingerprint density at radius 1 is 1.43 bits per heavy atom. The lowest BCUT2D eigenvalue weighted by Gasteiger charge is -2.21. The molecule has 1 unspecified atom stereocenters. The van der Waals surface area contributed by atoms with Crippen molar-refractivity contribution in [3.05, 3.63) is 17.4 Å². The monoisotopic (exact) mass is 314 g/mol. The molecular formula is C15H19FO4S. The van der Waals surface area contributed by atoms with E-state index in [-0.39, 0.29) is 18.3 Å². The van der Waals surface area contributed by atoms with Gasteiger partial charge in [0.05, 0.1) is 25.5 Å². The maximum Gasteiger partial charge on any atom is 0.303 e. The summed E-state index contributed by atoms with van der Waals surface area (Å²) in [6.07, 6.45) is 3.67. The zero-order valence-electron chi connectivity index (χ0n) is 12.3. The van der Waals surface area contributed by atoms with Crippen LogP contribution < -0.4 is 9.47 Å². The Hall–Kier alpha value is -1.43. The first-order chi connectivity index (χ1) is 10.0. The quantitative estimate of drug-likeness (QED) is 0.780. The van der Waals surface area contributed by atoms with Crippen LogP contribution in [0.15, 0.2) is 11.0 Å². The Bertz CT molecular complexity index is 543. The summed E-state index contributed by atoms with van der Waals surface area (Å²) in [5.74, 6) is -0.457. The van der Waals surface area contributed by atoms with Gasteiger partial charge in [-0.2, -0.15) is 0 Å². The highest BCUT2D eigenvalue weighted by Gasteiger charge is 2.37. The number of carboxylic acids is 1. The molecule has 1 atom stereocenters. The summed E-state index contributed by atoms with van der Waals surface area (Å²) in [6.45, 7) is 0. The SMILES string of the molecule is COc1c(C(CC(=O)O)C2CC2)cc(F)c(SC)c1OC. The van der Waals surface area contributed by atoms with E-state index in [4.69, 9.17) is 14.6 Å². The number of rotatable bonds is 7. The van der Waals surface area contributed by atoms with Crippen molar-refractivity contribution < 1.29 is 23.8 Å². The van der Waals surface area contributed by atoms with Crippen molar-refractivity contribution in [2.75, 3.05) is 20.5 Å². The molecule has 116 valence electrons. The van der Waals surface area contributed by atoms with E-state index in [1.165, 1.54) is 32.0 Å². The standard InChI is InChI=1S/C15H19FO4S/c1-19-13-10(9(7-12(17)18)8-4-5-8)6-11(16)15(21-3)14(13)20-2/h6,8-9H,4-5,7H2,1-3H3,(H,17,18). The van der Waals surface area contributed by atoms with Crippen LogP contribution in [0, 0.1) is 11.7 Å². The van der Waals surface area contributed by atoms with Crippen LogP contribution in [0.2, 0.25) is 0 Å². The van der Waals surface area contributed by atoms with Crippen LogP contribution in [0.4, 0.5) is 4.39 Å². The molecule has 0 spiro atoms. The summed E-state index contributed by atoms with van der Waals surface area (Å²) in [4.78, 5) is 11.5. The third-order valence-electron chi connectivity index (χ3n) is 3.77. The molecule has 1 aliphatic rings. The third kappa shape index (κ3) is 3.26. The minimum atomic E-state index is -0.887. The summed E-state index contributed by atoms with van der Waals surface area (Å²) in [5.41, 5.74) is 0.592. The smallest absolute Gasteiger partial charge is 0.303 e. The molecule has 4 nitrogen and oxygen atoms in total. The normalized spacial score (nSPS) is 15.6. The molecule has 0 aromatic heterocycles. The first-order valence-corrected chi connectivity index (χ1v) is 7.96. The largest absolute Gasteiger partial charge is 0.493 e. The second-order valence-corrected chi connectivity index (χ2v) is 5.91. The number of hydrogen-bond donors (Lipinski definition) is 1. The molecule has 0 aliphatic heterocycles. The van der Waals surface area contributed by atoms with E-state index in [1.807, 2.05) is 0 Å². The van der Waals surface area contributed by atoms with E-state index in [2.05, 4.69) is 0 Å². The minimum absolute atomic E-state index is 0.0256. The van der Waals surface area contributed by atoms with E-state index >= 15 is 0 Å². The molecular weight excluding hydrogens is 295 g/mol. The third-order valence-corrected chi connectivity index (χ3v) is 4.56. The van der Waals surface area contributed by atoms with E-state index in [0.717, 1.165) is 12.8 Å². The average Bonchev–Trinajstić information content (AvgIpc) is 3.27. The first kappa shape index (κ1) is 15.9. The molecule has 0 bridgehead atoms. The lowest BCUT2D eigenvalue weighted by Crippen LogP contribution is -2.11. The van der Waals surface area contributed by atoms with Gasteiger partial charge >= 0.3 is 5.97 Å². The highest BCUT2D eigenvalue weighted by Crippen LogP contribution is 2.51. The van der Waals surface area contributed by atoms with Crippen LogP contribution in [0.5, 0.6) is 11.5 Å². The van der Waals surface area contributed by atoms with Gasteiger partial charge in [0, 0.05) is 11.5 Å². The number of thioether (sulfide) groups is 1. The fourth-order valence-electron chi connectivity index (χ4n) is 2.69. The maximum atomic E-state index is 14.3. The number of benzene rings is 1. The number of methoxy groups -OCH3 is 2. The summed E-state index contributed by atoms with van der Waals surface area (Å²) in [5, 5.41) is 9.11. The van der Waals surface area contributed by atoms with Gasteiger partial charge in [0.15, 0.2) is 11.5 Å². The summed E-state index contributed by atoms with van der Waals surface area (Å²) in [6, 6.07) is 1.40. The van der Waals surface area contributed by atoms with Gasteiger partial charge in [0.2, 0.25) is 0 Å². The Morgan fingerprint density at radius 2 is 2.05 bits per heavy atom. The molecule has 0 radical (unpaired) electrons. The predicted molar refractivity (Wildman–Crippen MR) is 79.0 cm³/mol. The maximum absolute atomic E-state index is 14.3. The van der Waals surface area contributed by atoms with Crippen molar-refractivity contribution in [1.29, 1.82) is 0 Å². The van der Waals surface area contributed by atoms with Gasteiger partial charge in [-0.3, -0.25) is 4.79 Å². The van der Waals surface area contributed by atoms with E-state index in [9.17, 15) is 9.18 Å². The van der Waals surface area contributed by atoms with Crippen molar-refractivity contribution in [3.8, 4) is 11.5 Å². The topological polar surface area (TPSA) is 55.8 Å². The van der Waals surface area contributed by atoms with Crippen LogP contribution in [0.1, 0.15) is 30.7 Å². The molecule has 0 amide bonds. The number of carbonyl (C=O) groups is 1. The van der Waals surface area contributed by atoms with E-state index in [0.29, 0.717) is 22.0 Å². The van der Waals surface area contributed by atoms with Crippen LogP contribution in [-0.2, 0) is 4.79 Å². The Balaban J connectivity index is 2.55. The van der Waals surface area contributed by atoms with Crippen LogP contribution in [-0.4, -0.2) is 31.6 Å². The van der Waals surface area contributed by atoms with Crippen molar-refractivity contribution in [2.45, 2.75) is 30.1 Å². The Morgan fingerprint density at radius 3 is 2.48 bits per heavy atom. The van der Waals surface area contributed by atoms with Gasteiger partial charge in [0.25, 0.3) is 0 Å². The molecule has 1 aromatic carbocycles. The zero-order chi connectivity index (χ0) is 15.6. The number of halogens is 1. The molecule has 1 fully saturated rings. The minimum Gasteiger partial charge on any atom is -0.493 e. The Kier molecular flexibility index (Phi) is 4.98. The molecule has 1 N–H and O–H groups in total. The van der Waals surface area contributed by atoms with Gasteiger partial charge in [-0.25, -0.2) is 4.39 Å². The van der Waals surface area contributed by atoms with Gasteiger partial charge in [-0.15, -0.1) is 11.8 Å². The Labute approximate surface area is 127 Å².